The lowest BCUT2D eigenvalue weighted by molar-refractivity contribution is -0.113. The second-order valence-electron chi connectivity index (χ2n) is 4.18. The number of hydrogen-bond acceptors (Lipinski definition) is 3. The predicted molar refractivity (Wildman–Crippen MR) is 84.7 cm³/mol. The van der Waals surface area contributed by atoms with E-state index in [0.29, 0.717) is 15.6 Å². The molecule has 3 nitrogen and oxygen atoms in total. The minimum Gasteiger partial charge on any atom is -0.309 e. The first kappa shape index (κ1) is 16.1. The molecule has 0 saturated heterocycles. The van der Waals surface area contributed by atoms with Crippen molar-refractivity contribution in [2.24, 2.45) is 0 Å². The van der Waals surface area contributed by atoms with Crippen LogP contribution in [0.4, 0.5) is 10.2 Å². The largest absolute Gasteiger partial charge is 0.309 e. The van der Waals surface area contributed by atoms with Crippen molar-refractivity contribution in [1.29, 1.82) is 0 Å². The highest BCUT2D eigenvalue weighted by Gasteiger charge is 2.11. The lowest BCUT2D eigenvalue weighted by Crippen LogP contribution is -2.15. The van der Waals surface area contributed by atoms with Gasteiger partial charge < -0.3 is 5.32 Å². The number of halogens is 3. The van der Waals surface area contributed by atoms with E-state index in [2.05, 4.69) is 10.3 Å². The van der Waals surface area contributed by atoms with E-state index in [9.17, 15) is 9.18 Å². The average Bonchev–Trinajstić information content (AvgIpc) is 2.47. The van der Waals surface area contributed by atoms with Gasteiger partial charge in [-0.1, -0.05) is 23.2 Å². The molecule has 0 spiro atoms. The van der Waals surface area contributed by atoms with Gasteiger partial charge in [-0.25, -0.2) is 9.37 Å². The number of aromatic nitrogens is 1. The molecule has 1 amide bonds. The third kappa shape index (κ3) is 4.33. The van der Waals surface area contributed by atoms with E-state index in [4.69, 9.17) is 23.2 Å². The van der Waals surface area contributed by atoms with Gasteiger partial charge in [-0.05, 0) is 36.8 Å². The normalized spacial score (nSPS) is 10.5. The fourth-order valence-electron chi connectivity index (χ4n) is 1.49. The molecular weight excluding hydrogens is 334 g/mol. The van der Waals surface area contributed by atoms with Crippen molar-refractivity contribution in [1.82, 2.24) is 4.98 Å². The summed E-state index contributed by atoms with van der Waals surface area (Å²) in [6, 6.07) is 5.93. The summed E-state index contributed by atoms with van der Waals surface area (Å²) in [6.45, 7) is 1.75. The van der Waals surface area contributed by atoms with E-state index in [-0.39, 0.29) is 23.3 Å². The van der Waals surface area contributed by atoms with Crippen LogP contribution in [0, 0.1) is 12.7 Å². The number of thioether (sulfide) groups is 1. The topological polar surface area (TPSA) is 42.0 Å². The second-order valence-corrected chi connectivity index (χ2v) is 6.02. The highest BCUT2D eigenvalue weighted by atomic mass is 35.5. The molecule has 1 N–H and O–H groups in total. The zero-order valence-corrected chi connectivity index (χ0v) is 13.3. The smallest absolute Gasteiger partial charge is 0.235 e. The third-order valence-electron chi connectivity index (χ3n) is 2.64. The van der Waals surface area contributed by atoms with Gasteiger partial charge in [0.1, 0.15) is 5.82 Å². The summed E-state index contributed by atoms with van der Waals surface area (Å²) in [4.78, 5) is 16.7. The molecule has 0 aliphatic rings. The van der Waals surface area contributed by atoms with E-state index in [1.54, 1.807) is 19.1 Å². The molecule has 0 aliphatic carbocycles. The number of nitrogens with one attached hydrogen (secondary N) is 1. The number of pyridine rings is 1. The summed E-state index contributed by atoms with van der Waals surface area (Å²) in [6.07, 6.45) is 1.44. The monoisotopic (exact) mass is 344 g/mol. The number of hydrogen-bond donors (Lipinski definition) is 1. The first-order valence-electron chi connectivity index (χ1n) is 5.96. The molecular formula is C14H11Cl2FN2OS. The van der Waals surface area contributed by atoms with Crippen molar-refractivity contribution in [3.63, 3.8) is 0 Å². The molecule has 1 aromatic heterocycles. The maximum Gasteiger partial charge on any atom is 0.235 e. The fraction of sp³-hybridized carbons (Fsp3) is 0.143. The molecule has 21 heavy (non-hydrogen) atoms. The van der Waals surface area contributed by atoms with Gasteiger partial charge in [-0.15, -0.1) is 11.8 Å². The van der Waals surface area contributed by atoms with E-state index < -0.39 is 0 Å². The van der Waals surface area contributed by atoms with Crippen molar-refractivity contribution in [3.05, 3.63) is 51.9 Å². The third-order valence-corrected chi connectivity index (χ3v) is 4.50. The molecule has 7 heteroatoms. The Kier molecular flexibility index (Phi) is 5.45. The van der Waals surface area contributed by atoms with Crippen LogP contribution in [-0.2, 0) is 4.79 Å². The van der Waals surface area contributed by atoms with Crippen LogP contribution in [0.2, 0.25) is 10.0 Å². The summed E-state index contributed by atoms with van der Waals surface area (Å²) in [5.74, 6) is -0.106. The Balaban J connectivity index is 1.96. The zero-order chi connectivity index (χ0) is 15.4. The lowest BCUT2D eigenvalue weighted by atomic mass is 10.3. The summed E-state index contributed by atoms with van der Waals surface area (Å²) in [7, 11) is 0. The van der Waals surface area contributed by atoms with Crippen molar-refractivity contribution < 1.29 is 9.18 Å². The SMILES string of the molecule is Cc1c(Cl)cnc(NC(=O)CSc2ccc(F)cc2)c1Cl. The molecule has 2 aromatic rings. The van der Waals surface area contributed by atoms with Crippen LogP contribution in [0.15, 0.2) is 35.4 Å². The number of rotatable bonds is 4. The van der Waals surface area contributed by atoms with Crippen LogP contribution in [0.3, 0.4) is 0 Å². The summed E-state index contributed by atoms with van der Waals surface area (Å²) in [5.41, 5.74) is 0.662. The molecule has 1 heterocycles. The zero-order valence-electron chi connectivity index (χ0n) is 11.0. The van der Waals surface area contributed by atoms with Gasteiger partial charge in [0.05, 0.1) is 15.8 Å². The Labute approximate surface area is 135 Å². The molecule has 1 aromatic carbocycles. The Morgan fingerprint density at radius 3 is 2.67 bits per heavy atom. The predicted octanol–water partition coefficient (Wildman–Crippen LogP) is 4.57. The molecule has 0 atom stereocenters. The van der Waals surface area contributed by atoms with E-state index in [1.807, 2.05) is 0 Å². The van der Waals surface area contributed by atoms with E-state index >= 15 is 0 Å². The van der Waals surface area contributed by atoms with E-state index in [1.165, 1.54) is 30.1 Å². The van der Waals surface area contributed by atoms with Crippen molar-refractivity contribution in [3.8, 4) is 0 Å². The quantitative estimate of drug-likeness (QED) is 0.826. The molecule has 0 radical (unpaired) electrons. The number of carbonyl (C=O) groups excluding carboxylic acids is 1. The van der Waals surface area contributed by atoms with Gasteiger partial charge in [0.2, 0.25) is 5.91 Å². The Morgan fingerprint density at radius 2 is 2.00 bits per heavy atom. The van der Waals surface area contributed by atoms with Crippen molar-refractivity contribution >= 4 is 46.7 Å². The van der Waals surface area contributed by atoms with Crippen LogP contribution in [0.25, 0.3) is 0 Å². The highest BCUT2D eigenvalue weighted by Crippen LogP contribution is 2.28. The van der Waals surface area contributed by atoms with Gasteiger partial charge in [0.15, 0.2) is 5.82 Å². The Morgan fingerprint density at radius 1 is 1.33 bits per heavy atom. The first-order chi connectivity index (χ1) is 9.97. The average molecular weight is 345 g/mol. The van der Waals surface area contributed by atoms with Gasteiger partial charge in [-0.3, -0.25) is 4.79 Å². The van der Waals surface area contributed by atoms with Gasteiger partial charge in [-0.2, -0.15) is 0 Å². The fourth-order valence-corrected chi connectivity index (χ4v) is 2.58. The number of anilines is 1. The van der Waals surface area contributed by atoms with Crippen molar-refractivity contribution in [2.75, 3.05) is 11.1 Å². The number of nitrogens with zero attached hydrogens (tertiary/aromatic N) is 1. The first-order valence-corrected chi connectivity index (χ1v) is 7.70. The van der Waals surface area contributed by atoms with Gasteiger partial charge >= 0.3 is 0 Å². The standard InChI is InChI=1S/C14H11Cl2FN2OS/c1-8-11(15)6-18-14(13(8)16)19-12(20)7-21-10-4-2-9(17)3-5-10/h2-6H,7H2,1H3,(H,18,19,20). The summed E-state index contributed by atoms with van der Waals surface area (Å²) in [5, 5.41) is 3.39. The second kappa shape index (κ2) is 7.11. The Hall–Kier alpha value is -1.30. The number of benzene rings is 1. The highest BCUT2D eigenvalue weighted by molar-refractivity contribution is 8.00. The van der Waals surface area contributed by atoms with Gasteiger partial charge in [0, 0.05) is 11.1 Å². The lowest BCUT2D eigenvalue weighted by Gasteiger charge is -2.09. The Bertz CT molecular complexity index is 665. The molecule has 2 rings (SSSR count). The maximum absolute atomic E-state index is 12.8. The van der Waals surface area contributed by atoms with Crippen LogP contribution in [0.5, 0.6) is 0 Å². The minimum absolute atomic E-state index is 0.172. The number of amides is 1. The minimum atomic E-state index is -0.309. The van der Waals surface area contributed by atoms with Crippen LogP contribution >= 0.6 is 35.0 Å². The molecule has 0 bridgehead atoms. The molecule has 0 aliphatic heterocycles. The van der Waals surface area contributed by atoms with E-state index in [0.717, 1.165) is 4.90 Å². The van der Waals surface area contributed by atoms with Crippen LogP contribution < -0.4 is 5.32 Å². The molecule has 0 fully saturated rings. The molecule has 110 valence electrons. The summed E-state index contributed by atoms with van der Waals surface area (Å²) < 4.78 is 12.8. The van der Waals surface area contributed by atoms with Crippen LogP contribution in [0.1, 0.15) is 5.56 Å². The maximum atomic E-state index is 12.8. The summed E-state index contributed by atoms with van der Waals surface area (Å²) >= 11 is 13.2. The van der Waals surface area contributed by atoms with Crippen LogP contribution in [-0.4, -0.2) is 16.6 Å². The van der Waals surface area contributed by atoms with Gasteiger partial charge in [0.25, 0.3) is 0 Å². The molecule has 0 saturated carbocycles. The van der Waals surface area contributed by atoms with Crippen molar-refractivity contribution in [2.45, 2.75) is 11.8 Å². The molecule has 0 unspecified atom stereocenters. The number of carbonyl (C=O) groups is 1.